The number of aromatic hydroxyl groups is 1. The van der Waals surface area contributed by atoms with Crippen LogP contribution in [0.3, 0.4) is 0 Å². The van der Waals surface area contributed by atoms with Gasteiger partial charge in [0, 0.05) is 42.0 Å². The summed E-state index contributed by atoms with van der Waals surface area (Å²) in [5.41, 5.74) is 3.96. The first-order valence-corrected chi connectivity index (χ1v) is 10.8. The van der Waals surface area contributed by atoms with Gasteiger partial charge in [0.15, 0.2) is 5.88 Å². The second kappa shape index (κ2) is 8.12. The van der Waals surface area contributed by atoms with Crippen LogP contribution in [0.15, 0.2) is 42.6 Å². The van der Waals surface area contributed by atoms with Gasteiger partial charge in [-0.2, -0.15) is 0 Å². The molecule has 4 N–H and O–H groups in total. The van der Waals surface area contributed by atoms with Crippen LogP contribution in [0.25, 0.3) is 10.8 Å². The monoisotopic (exact) mass is 432 g/mol. The molecule has 0 saturated carbocycles. The third-order valence-electron chi connectivity index (χ3n) is 6.23. The number of nitrogens with one attached hydrogen (secondary N) is 3. The van der Waals surface area contributed by atoms with Crippen LogP contribution in [0, 0.1) is 0 Å². The minimum atomic E-state index is -0.623. The molecule has 164 valence electrons. The molecule has 1 unspecified atom stereocenters. The Morgan fingerprint density at radius 1 is 1.12 bits per heavy atom. The summed E-state index contributed by atoms with van der Waals surface area (Å²) < 4.78 is 1.51. The normalized spacial score (nSPS) is 18.3. The number of nitrogens with zero attached hydrogens (tertiary/aromatic N) is 1. The molecule has 0 spiro atoms. The zero-order valence-corrected chi connectivity index (χ0v) is 17.5. The van der Waals surface area contributed by atoms with Crippen molar-refractivity contribution in [2.45, 2.75) is 38.4 Å². The quantitative estimate of drug-likeness (QED) is 0.471. The van der Waals surface area contributed by atoms with E-state index >= 15 is 0 Å². The number of carbonyl (C=O) groups is 3. The average molecular weight is 432 g/mol. The third kappa shape index (κ3) is 3.73. The third-order valence-corrected chi connectivity index (χ3v) is 6.23. The van der Waals surface area contributed by atoms with Gasteiger partial charge in [0.2, 0.25) is 11.8 Å². The Morgan fingerprint density at radius 3 is 2.84 bits per heavy atom. The summed E-state index contributed by atoms with van der Waals surface area (Å²) >= 11 is 0. The van der Waals surface area contributed by atoms with Crippen molar-refractivity contribution in [3.63, 3.8) is 0 Å². The second-order valence-electron chi connectivity index (χ2n) is 8.34. The number of fused-ring (bicyclic) bond motifs is 2. The van der Waals surface area contributed by atoms with Crippen molar-refractivity contribution in [2.75, 3.05) is 6.54 Å². The van der Waals surface area contributed by atoms with Gasteiger partial charge in [-0.15, -0.1) is 0 Å². The number of carbonyl (C=O) groups excluding carboxylic acids is 3. The van der Waals surface area contributed by atoms with Crippen LogP contribution in [0.4, 0.5) is 0 Å². The first kappa shape index (κ1) is 20.3. The topological polar surface area (TPSA) is 112 Å². The molecule has 8 nitrogen and oxygen atoms in total. The molecule has 0 radical (unpaired) electrons. The molecule has 8 heteroatoms. The van der Waals surface area contributed by atoms with Gasteiger partial charge < -0.3 is 20.3 Å². The van der Waals surface area contributed by atoms with Crippen LogP contribution in [0.1, 0.15) is 45.9 Å². The van der Waals surface area contributed by atoms with Gasteiger partial charge in [-0.3, -0.25) is 19.7 Å². The van der Waals surface area contributed by atoms with E-state index in [1.165, 1.54) is 10.1 Å². The Hall–Kier alpha value is -3.65. The molecule has 5 rings (SSSR count). The molecule has 2 aliphatic rings. The standard InChI is InChI=1S/C24H24N4O4/c29-21-6-5-20(23(31)27-21)28-13-18-9-14(1-4-19(18)24(28)32)11-26-22(30)16-3-2-15-7-8-25-12-17(15)10-16/h1-4,9-10,13,20,25,32H,5-8,11-12H2,(H,26,30)(H,27,29,31). The zero-order chi connectivity index (χ0) is 22.2. The van der Waals surface area contributed by atoms with Crippen molar-refractivity contribution >= 4 is 28.5 Å². The predicted molar refractivity (Wildman–Crippen MR) is 118 cm³/mol. The van der Waals surface area contributed by atoms with Crippen LogP contribution in [-0.2, 0) is 29.1 Å². The number of benzene rings is 2. The van der Waals surface area contributed by atoms with Gasteiger partial charge in [-0.05, 0) is 60.3 Å². The number of hydrogen-bond donors (Lipinski definition) is 4. The van der Waals surface area contributed by atoms with Gasteiger partial charge in [0.25, 0.3) is 5.91 Å². The van der Waals surface area contributed by atoms with Gasteiger partial charge in [-0.25, -0.2) is 0 Å². The summed E-state index contributed by atoms with van der Waals surface area (Å²) in [5.74, 6) is -0.851. The number of imide groups is 1. The molecular formula is C24H24N4O4. The van der Waals surface area contributed by atoms with Crippen LogP contribution < -0.4 is 16.0 Å². The lowest BCUT2D eigenvalue weighted by molar-refractivity contribution is -0.135. The van der Waals surface area contributed by atoms with Crippen LogP contribution >= 0.6 is 0 Å². The summed E-state index contributed by atoms with van der Waals surface area (Å²) in [6.45, 7) is 2.08. The van der Waals surface area contributed by atoms with Crippen molar-refractivity contribution < 1.29 is 19.5 Å². The van der Waals surface area contributed by atoms with E-state index in [0.717, 1.165) is 36.0 Å². The first-order chi connectivity index (χ1) is 15.5. The van der Waals surface area contributed by atoms with Crippen molar-refractivity contribution in [1.82, 2.24) is 20.5 Å². The summed E-state index contributed by atoms with van der Waals surface area (Å²) in [5, 5.41) is 20.6. The fourth-order valence-electron chi connectivity index (χ4n) is 4.47. The van der Waals surface area contributed by atoms with Gasteiger partial charge >= 0.3 is 0 Å². The van der Waals surface area contributed by atoms with Gasteiger partial charge in [-0.1, -0.05) is 12.1 Å². The molecule has 3 aromatic rings. The maximum absolute atomic E-state index is 12.6. The fourth-order valence-corrected chi connectivity index (χ4v) is 4.47. The Kier molecular flexibility index (Phi) is 5.14. The molecule has 0 bridgehead atoms. The van der Waals surface area contributed by atoms with E-state index in [1.54, 1.807) is 12.3 Å². The lowest BCUT2D eigenvalue weighted by atomic mass is 9.98. The Labute approximate surface area is 184 Å². The number of aromatic nitrogens is 1. The molecule has 0 aliphatic carbocycles. The highest BCUT2D eigenvalue weighted by Crippen LogP contribution is 2.33. The summed E-state index contributed by atoms with van der Waals surface area (Å²) in [6.07, 6.45) is 3.27. The number of amides is 3. The fraction of sp³-hybridized carbons (Fsp3) is 0.292. The molecule has 2 aromatic carbocycles. The zero-order valence-electron chi connectivity index (χ0n) is 17.5. The Morgan fingerprint density at radius 2 is 2.00 bits per heavy atom. The molecule has 1 fully saturated rings. The van der Waals surface area contributed by atoms with Crippen molar-refractivity contribution in [3.8, 4) is 5.88 Å². The van der Waals surface area contributed by atoms with E-state index in [9.17, 15) is 19.5 Å². The lowest BCUT2D eigenvalue weighted by Crippen LogP contribution is -2.41. The molecule has 3 amide bonds. The summed E-state index contributed by atoms with van der Waals surface area (Å²) in [6, 6.07) is 10.7. The maximum atomic E-state index is 12.6. The van der Waals surface area contributed by atoms with E-state index in [-0.39, 0.29) is 24.1 Å². The Bertz CT molecular complexity index is 1250. The van der Waals surface area contributed by atoms with E-state index in [1.807, 2.05) is 30.3 Å². The van der Waals surface area contributed by atoms with Gasteiger partial charge in [0.1, 0.15) is 6.04 Å². The minimum Gasteiger partial charge on any atom is -0.494 e. The predicted octanol–water partition coefficient (Wildman–Crippen LogP) is 1.90. The average Bonchev–Trinajstić information content (AvgIpc) is 3.12. The smallest absolute Gasteiger partial charge is 0.251 e. The molecule has 1 saturated heterocycles. The summed E-state index contributed by atoms with van der Waals surface area (Å²) in [7, 11) is 0. The maximum Gasteiger partial charge on any atom is 0.251 e. The molecule has 1 aromatic heterocycles. The molecular weight excluding hydrogens is 408 g/mol. The van der Waals surface area contributed by atoms with Crippen molar-refractivity contribution in [1.29, 1.82) is 0 Å². The van der Waals surface area contributed by atoms with Crippen LogP contribution in [0.2, 0.25) is 0 Å². The van der Waals surface area contributed by atoms with Gasteiger partial charge in [0.05, 0.1) is 0 Å². The largest absolute Gasteiger partial charge is 0.494 e. The highest BCUT2D eigenvalue weighted by molar-refractivity contribution is 6.00. The van der Waals surface area contributed by atoms with E-state index in [0.29, 0.717) is 23.9 Å². The highest BCUT2D eigenvalue weighted by Gasteiger charge is 2.30. The Balaban J connectivity index is 1.31. The van der Waals surface area contributed by atoms with E-state index in [2.05, 4.69) is 16.0 Å². The molecule has 1 atom stereocenters. The summed E-state index contributed by atoms with van der Waals surface area (Å²) in [4.78, 5) is 36.2. The van der Waals surface area contributed by atoms with E-state index in [4.69, 9.17) is 0 Å². The minimum absolute atomic E-state index is 0.00671. The molecule has 32 heavy (non-hydrogen) atoms. The van der Waals surface area contributed by atoms with Crippen molar-refractivity contribution in [3.05, 3.63) is 64.8 Å². The second-order valence-corrected chi connectivity index (χ2v) is 8.34. The number of piperidine rings is 1. The molecule has 3 heterocycles. The number of rotatable bonds is 4. The molecule has 2 aliphatic heterocycles. The lowest BCUT2D eigenvalue weighted by Gasteiger charge is -2.22. The number of hydrogen-bond acceptors (Lipinski definition) is 5. The highest BCUT2D eigenvalue weighted by atomic mass is 16.3. The van der Waals surface area contributed by atoms with Crippen LogP contribution in [0.5, 0.6) is 5.88 Å². The van der Waals surface area contributed by atoms with Crippen molar-refractivity contribution in [2.24, 2.45) is 0 Å². The first-order valence-electron chi connectivity index (χ1n) is 10.8. The van der Waals surface area contributed by atoms with Crippen LogP contribution in [-0.4, -0.2) is 33.9 Å². The SMILES string of the molecule is O=C1CCC(n2cc3cc(CNC(=O)c4ccc5c(c4)CNCC5)ccc3c2O)C(=O)N1. The van der Waals surface area contributed by atoms with E-state index < -0.39 is 11.9 Å².